The molecular formula is C15H26N2. The van der Waals surface area contributed by atoms with Gasteiger partial charge in [0.15, 0.2) is 0 Å². The van der Waals surface area contributed by atoms with Gasteiger partial charge in [-0.25, -0.2) is 0 Å². The Balaban J connectivity index is 2.52. The van der Waals surface area contributed by atoms with Crippen LogP contribution in [0.25, 0.3) is 0 Å². The van der Waals surface area contributed by atoms with Crippen LogP contribution in [-0.2, 0) is 0 Å². The van der Waals surface area contributed by atoms with Crippen molar-refractivity contribution in [2.75, 3.05) is 23.7 Å². The maximum atomic E-state index is 5.84. The van der Waals surface area contributed by atoms with Gasteiger partial charge in [-0.05, 0) is 31.0 Å². The van der Waals surface area contributed by atoms with Crippen molar-refractivity contribution in [1.82, 2.24) is 0 Å². The van der Waals surface area contributed by atoms with E-state index in [1.54, 1.807) is 0 Å². The number of hydrogen-bond acceptors (Lipinski definition) is 2. The Bertz CT molecular complexity index is 310. The minimum absolute atomic E-state index is 0.858. The molecule has 0 fully saturated rings. The summed E-state index contributed by atoms with van der Waals surface area (Å²) < 4.78 is 0. The van der Waals surface area contributed by atoms with E-state index in [0.29, 0.717) is 0 Å². The Morgan fingerprint density at radius 2 is 1.82 bits per heavy atom. The first-order valence-electron chi connectivity index (χ1n) is 6.88. The van der Waals surface area contributed by atoms with Gasteiger partial charge in [-0.15, -0.1) is 0 Å². The van der Waals surface area contributed by atoms with E-state index in [1.165, 1.54) is 37.8 Å². The Labute approximate surface area is 106 Å². The first-order valence-corrected chi connectivity index (χ1v) is 6.88. The van der Waals surface area contributed by atoms with E-state index in [1.807, 2.05) is 12.1 Å². The molecule has 0 aromatic heterocycles. The van der Waals surface area contributed by atoms with Crippen molar-refractivity contribution < 1.29 is 0 Å². The molecule has 0 unspecified atom stereocenters. The molecule has 0 aliphatic heterocycles. The molecule has 1 rings (SSSR count). The van der Waals surface area contributed by atoms with Crippen LogP contribution in [0.2, 0.25) is 0 Å². The second-order valence-electron chi connectivity index (χ2n) is 4.64. The largest absolute Gasteiger partial charge is 0.399 e. The van der Waals surface area contributed by atoms with Crippen LogP contribution < -0.4 is 10.6 Å². The van der Waals surface area contributed by atoms with Gasteiger partial charge >= 0.3 is 0 Å². The molecule has 2 heteroatoms. The third-order valence-corrected chi connectivity index (χ3v) is 3.01. The second-order valence-corrected chi connectivity index (χ2v) is 4.64. The van der Waals surface area contributed by atoms with Gasteiger partial charge in [-0.1, -0.05) is 39.2 Å². The number of rotatable bonds is 8. The Kier molecular flexibility index (Phi) is 6.53. The Morgan fingerprint density at radius 3 is 2.47 bits per heavy atom. The number of nitrogen functional groups attached to an aromatic ring is 1. The molecule has 0 bridgehead atoms. The molecule has 2 nitrogen and oxygen atoms in total. The molecule has 0 aliphatic rings. The molecule has 1 aromatic carbocycles. The van der Waals surface area contributed by atoms with E-state index >= 15 is 0 Å². The lowest BCUT2D eigenvalue weighted by molar-refractivity contribution is 0.639. The molecule has 0 saturated carbocycles. The molecule has 0 atom stereocenters. The standard InChI is InChI=1S/C15H26N2/c1-3-5-6-7-12-17(11-4-2)15-10-8-9-14(16)13-15/h8-10,13H,3-7,11-12,16H2,1-2H3. The number of anilines is 2. The molecule has 0 spiro atoms. The lowest BCUT2D eigenvalue weighted by Gasteiger charge is -2.24. The minimum atomic E-state index is 0.858. The van der Waals surface area contributed by atoms with E-state index in [9.17, 15) is 0 Å². The van der Waals surface area contributed by atoms with Gasteiger partial charge < -0.3 is 10.6 Å². The normalized spacial score (nSPS) is 10.5. The number of hydrogen-bond donors (Lipinski definition) is 1. The SMILES string of the molecule is CCCCCCN(CCC)c1cccc(N)c1. The first kappa shape index (κ1) is 13.9. The van der Waals surface area contributed by atoms with Crippen molar-refractivity contribution in [3.05, 3.63) is 24.3 Å². The van der Waals surface area contributed by atoms with E-state index in [2.05, 4.69) is 30.9 Å². The van der Waals surface area contributed by atoms with Gasteiger partial charge in [0.2, 0.25) is 0 Å². The highest BCUT2D eigenvalue weighted by Crippen LogP contribution is 2.18. The van der Waals surface area contributed by atoms with Gasteiger partial charge in [0.05, 0.1) is 0 Å². The van der Waals surface area contributed by atoms with E-state index in [0.717, 1.165) is 18.8 Å². The number of unbranched alkanes of at least 4 members (excludes halogenated alkanes) is 3. The molecule has 96 valence electrons. The molecular weight excluding hydrogens is 208 g/mol. The molecule has 0 amide bonds. The molecule has 0 saturated heterocycles. The zero-order valence-electron chi connectivity index (χ0n) is 11.3. The van der Waals surface area contributed by atoms with Crippen molar-refractivity contribution in [1.29, 1.82) is 0 Å². The first-order chi connectivity index (χ1) is 8.27. The fourth-order valence-electron chi connectivity index (χ4n) is 2.09. The number of nitrogens with two attached hydrogens (primary N) is 1. The molecule has 0 radical (unpaired) electrons. The second kappa shape index (κ2) is 7.99. The summed E-state index contributed by atoms with van der Waals surface area (Å²) in [6.45, 7) is 6.75. The van der Waals surface area contributed by atoms with E-state index < -0.39 is 0 Å². The zero-order chi connectivity index (χ0) is 12.5. The predicted molar refractivity (Wildman–Crippen MR) is 77.5 cm³/mol. The molecule has 0 heterocycles. The van der Waals surface area contributed by atoms with Gasteiger partial charge in [-0.2, -0.15) is 0 Å². The fourth-order valence-corrected chi connectivity index (χ4v) is 2.09. The van der Waals surface area contributed by atoms with Crippen molar-refractivity contribution in [2.45, 2.75) is 46.0 Å². The summed E-state index contributed by atoms with van der Waals surface area (Å²) in [6.07, 6.45) is 6.44. The summed E-state index contributed by atoms with van der Waals surface area (Å²) in [4.78, 5) is 2.45. The Hall–Kier alpha value is -1.18. The zero-order valence-corrected chi connectivity index (χ0v) is 11.3. The highest BCUT2D eigenvalue weighted by molar-refractivity contribution is 5.55. The van der Waals surface area contributed by atoms with Gasteiger partial charge in [0.25, 0.3) is 0 Å². The van der Waals surface area contributed by atoms with Crippen LogP contribution in [0.4, 0.5) is 11.4 Å². The summed E-state index contributed by atoms with van der Waals surface area (Å²) in [7, 11) is 0. The topological polar surface area (TPSA) is 29.3 Å². The van der Waals surface area contributed by atoms with Crippen LogP contribution in [0.3, 0.4) is 0 Å². The lowest BCUT2D eigenvalue weighted by Crippen LogP contribution is -2.25. The van der Waals surface area contributed by atoms with Gasteiger partial charge in [0.1, 0.15) is 0 Å². The third-order valence-electron chi connectivity index (χ3n) is 3.01. The van der Waals surface area contributed by atoms with Crippen LogP contribution in [0.1, 0.15) is 46.0 Å². The van der Waals surface area contributed by atoms with Crippen LogP contribution in [0.5, 0.6) is 0 Å². The van der Waals surface area contributed by atoms with Crippen molar-refractivity contribution in [2.24, 2.45) is 0 Å². The van der Waals surface area contributed by atoms with Gasteiger partial charge in [0, 0.05) is 24.5 Å². The smallest absolute Gasteiger partial charge is 0.0386 e. The fraction of sp³-hybridized carbons (Fsp3) is 0.600. The predicted octanol–water partition coefficient (Wildman–Crippen LogP) is 4.07. The summed E-state index contributed by atoms with van der Waals surface area (Å²) >= 11 is 0. The monoisotopic (exact) mass is 234 g/mol. The summed E-state index contributed by atoms with van der Waals surface area (Å²) in [6, 6.07) is 8.23. The van der Waals surface area contributed by atoms with Crippen LogP contribution >= 0.6 is 0 Å². The number of nitrogens with zero attached hydrogens (tertiary/aromatic N) is 1. The summed E-state index contributed by atoms with van der Waals surface area (Å²) in [5.41, 5.74) is 7.97. The van der Waals surface area contributed by atoms with Crippen molar-refractivity contribution >= 4 is 11.4 Å². The molecule has 1 aromatic rings. The summed E-state index contributed by atoms with van der Waals surface area (Å²) in [5.74, 6) is 0. The average Bonchev–Trinajstić information content (AvgIpc) is 2.33. The molecule has 0 aliphatic carbocycles. The highest BCUT2D eigenvalue weighted by atomic mass is 15.1. The molecule has 2 N–H and O–H groups in total. The quantitative estimate of drug-likeness (QED) is 0.543. The summed E-state index contributed by atoms with van der Waals surface area (Å²) in [5, 5.41) is 0. The van der Waals surface area contributed by atoms with Crippen molar-refractivity contribution in [3.8, 4) is 0 Å². The van der Waals surface area contributed by atoms with E-state index in [4.69, 9.17) is 5.73 Å². The maximum Gasteiger partial charge on any atom is 0.0386 e. The van der Waals surface area contributed by atoms with Crippen LogP contribution in [0, 0.1) is 0 Å². The van der Waals surface area contributed by atoms with E-state index in [-0.39, 0.29) is 0 Å². The van der Waals surface area contributed by atoms with Crippen LogP contribution in [0.15, 0.2) is 24.3 Å². The lowest BCUT2D eigenvalue weighted by atomic mass is 10.2. The van der Waals surface area contributed by atoms with Crippen molar-refractivity contribution in [3.63, 3.8) is 0 Å². The highest BCUT2D eigenvalue weighted by Gasteiger charge is 2.05. The minimum Gasteiger partial charge on any atom is -0.399 e. The molecule has 17 heavy (non-hydrogen) atoms. The maximum absolute atomic E-state index is 5.84. The van der Waals surface area contributed by atoms with Crippen LogP contribution in [-0.4, -0.2) is 13.1 Å². The Morgan fingerprint density at radius 1 is 1.00 bits per heavy atom. The van der Waals surface area contributed by atoms with Gasteiger partial charge in [-0.3, -0.25) is 0 Å². The number of benzene rings is 1. The third kappa shape index (κ3) is 5.12. The average molecular weight is 234 g/mol.